The zero-order chi connectivity index (χ0) is 31.6. The number of carbonyl (C=O) groups excluding carboxylic acids is 1. The Labute approximate surface area is 276 Å². The molecule has 5 nitrogen and oxygen atoms in total. The topological polar surface area (TPSA) is 66.8 Å². The van der Waals surface area contributed by atoms with Crippen molar-refractivity contribution in [2.75, 3.05) is 20.7 Å². The van der Waals surface area contributed by atoms with E-state index in [1.54, 1.807) is 31.1 Å². The van der Waals surface area contributed by atoms with E-state index in [0.717, 1.165) is 73.8 Å². The number of rotatable bonds is 13. The fourth-order valence-electron chi connectivity index (χ4n) is 5.83. The van der Waals surface area contributed by atoms with Gasteiger partial charge in [-0.15, -0.1) is 0 Å². The van der Waals surface area contributed by atoms with Crippen molar-refractivity contribution >= 4 is 45.6 Å². The van der Waals surface area contributed by atoms with Crippen molar-refractivity contribution in [2.24, 2.45) is 5.92 Å². The molecule has 3 aromatic rings. The molecule has 0 heterocycles. The first kappa shape index (κ1) is 33.5. The highest BCUT2D eigenvalue weighted by atomic mass is 127. The molecule has 1 amide bonds. The zero-order valence-corrected chi connectivity index (χ0v) is 28.5. The Balaban J connectivity index is 1.56. The van der Waals surface area contributed by atoms with Crippen LogP contribution in [0.25, 0.3) is 11.1 Å². The van der Waals surface area contributed by atoms with Gasteiger partial charge in [-0.1, -0.05) is 49.8 Å². The Morgan fingerprint density at radius 2 is 1.75 bits per heavy atom. The second-order valence-electron chi connectivity index (χ2n) is 11.9. The molecule has 0 fully saturated rings. The van der Waals surface area contributed by atoms with Crippen LogP contribution in [0.1, 0.15) is 90.0 Å². The van der Waals surface area contributed by atoms with Crippen LogP contribution < -0.4 is 4.74 Å². The Hall–Kier alpha value is -3.39. The highest BCUT2D eigenvalue weighted by Gasteiger charge is 2.22. The summed E-state index contributed by atoms with van der Waals surface area (Å²) >= 11 is 2.41. The molecule has 0 radical (unpaired) electrons. The van der Waals surface area contributed by atoms with Gasteiger partial charge in [-0.25, -0.2) is 4.79 Å². The summed E-state index contributed by atoms with van der Waals surface area (Å²) in [6.07, 6.45) is 11.6. The number of halogens is 1. The molecule has 0 aliphatic heterocycles. The Morgan fingerprint density at radius 3 is 2.43 bits per heavy atom. The van der Waals surface area contributed by atoms with E-state index in [9.17, 15) is 14.7 Å². The summed E-state index contributed by atoms with van der Waals surface area (Å²) < 4.78 is 7.54. The number of hydrogen-bond acceptors (Lipinski definition) is 3. The van der Waals surface area contributed by atoms with Crippen LogP contribution in [0.2, 0.25) is 0 Å². The zero-order valence-electron chi connectivity index (χ0n) is 26.4. The summed E-state index contributed by atoms with van der Waals surface area (Å²) in [5.41, 5.74) is 8.58. The van der Waals surface area contributed by atoms with Crippen LogP contribution in [-0.4, -0.2) is 42.6 Å². The van der Waals surface area contributed by atoms with Gasteiger partial charge in [0.25, 0.3) is 0 Å². The fourth-order valence-corrected chi connectivity index (χ4v) is 6.34. The number of amides is 1. The number of hydrogen-bond donors (Lipinski definition) is 1. The summed E-state index contributed by atoms with van der Waals surface area (Å²) in [7, 11) is 3.53. The standard InChI is InChI=1S/C38H44INO4/c1-5-10-27(11-7-6-8-14-36(41)40(3)4)25-44-32-20-17-28(18-21-32)37-33(30-16-15-26(2)35(39)24-30)13-9-12-29-23-31(38(42)43)19-22-34(29)37/h8,14-24,27H,5-7,9-13,25H2,1-4H3,(H,42,43)/b14-8+/t27-/m0/s1. The number of nitrogens with zero attached hydrogens (tertiary/aromatic N) is 1. The van der Waals surface area contributed by atoms with Crippen LogP contribution in [0, 0.1) is 16.4 Å². The minimum absolute atomic E-state index is 0.0238. The summed E-state index contributed by atoms with van der Waals surface area (Å²) in [5.74, 6) is 0.451. The predicted molar refractivity (Wildman–Crippen MR) is 188 cm³/mol. The molecular formula is C38H44INO4. The number of unbranched alkanes of at least 4 members (excludes halogenated alkanes) is 1. The van der Waals surface area contributed by atoms with Gasteiger partial charge in [0.2, 0.25) is 5.91 Å². The highest BCUT2D eigenvalue weighted by molar-refractivity contribution is 14.1. The van der Waals surface area contributed by atoms with Gasteiger partial charge >= 0.3 is 5.97 Å². The number of aromatic carboxylic acids is 1. The Kier molecular flexibility index (Phi) is 12.2. The van der Waals surface area contributed by atoms with Crippen molar-refractivity contribution in [3.63, 3.8) is 0 Å². The van der Waals surface area contributed by atoms with Crippen LogP contribution in [0.5, 0.6) is 5.75 Å². The molecule has 3 aromatic carbocycles. The third kappa shape index (κ3) is 8.84. The predicted octanol–water partition coefficient (Wildman–Crippen LogP) is 9.20. The maximum atomic E-state index is 11.8. The first-order chi connectivity index (χ1) is 21.2. The number of fused-ring (bicyclic) bond motifs is 1. The lowest BCUT2D eigenvalue weighted by atomic mass is 9.87. The van der Waals surface area contributed by atoms with Crippen LogP contribution in [0.4, 0.5) is 0 Å². The number of carboxylic acid groups (broad SMARTS) is 1. The van der Waals surface area contributed by atoms with Crippen LogP contribution >= 0.6 is 22.6 Å². The van der Waals surface area contributed by atoms with Crippen molar-refractivity contribution in [1.82, 2.24) is 4.90 Å². The van der Waals surface area contributed by atoms with E-state index in [0.29, 0.717) is 18.1 Å². The van der Waals surface area contributed by atoms with Gasteiger partial charge in [-0.3, -0.25) is 4.79 Å². The van der Waals surface area contributed by atoms with E-state index < -0.39 is 5.97 Å². The van der Waals surface area contributed by atoms with Gasteiger partial charge in [-0.05, 0) is 156 Å². The lowest BCUT2D eigenvalue weighted by Crippen LogP contribution is -2.18. The smallest absolute Gasteiger partial charge is 0.335 e. The number of aryl methyl sites for hydroxylation is 2. The SMILES string of the molecule is CCC[C@@H](CCC/C=C/C(=O)N(C)C)COc1ccc(C2=C(c3ccc(C)c(I)c3)CCCc3cc(C(=O)O)ccc32)cc1. The molecule has 1 atom stereocenters. The molecule has 0 unspecified atom stereocenters. The quantitative estimate of drug-likeness (QED) is 0.109. The maximum absolute atomic E-state index is 11.8. The maximum Gasteiger partial charge on any atom is 0.335 e. The van der Waals surface area contributed by atoms with E-state index in [1.807, 2.05) is 18.2 Å². The van der Waals surface area contributed by atoms with Gasteiger partial charge in [0, 0.05) is 17.7 Å². The number of likely N-dealkylation sites (N-methyl/N-ethyl adjacent to an activating group) is 1. The minimum Gasteiger partial charge on any atom is -0.493 e. The molecule has 0 saturated carbocycles. The third-order valence-corrected chi connectivity index (χ3v) is 9.49. The highest BCUT2D eigenvalue weighted by Crippen LogP contribution is 2.41. The molecule has 44 heavy (non-hydrogen) atoms. The largest absolute Gasteiger partial charge is 0.493 e. The lowest BCUT2D eigenvalue weighted by molar-refractivity contribution is -0.123. The molecule has 232 valence electrons. The lowest BCUT2D eigenvalue weighted by Gasteiger charge is -2.19. The average Bonchev–Trinajstić information content (AvgIpc) is 3.20. The number of carbonyl (C=O) groups is 2. The van der Waals surface area contributed by atoms with E-state index in [-0.39, 0.29) is 5.91 Å². The first-order valence-electron chi connectivity index (χ1n) is 15.6. The number of benzene rings is 3. The normalized spacial score (nSPS) is 13.8. The van der Waals surface area contributed by atoms with Crippen LogP contribution in [0.3, 0.4) is 0 Å². The molecule has 6 heteroatoms. The molecule has 0 bridgehead atoms. The number of allylic oxidation sites excluding steroid dienone is 2. The average molecular weight is 706 g/mol. The van der Waals surface area contributed by atoms with E-state index in [1.165, 1.54) is 25.8 Å². The van der Waals surface area contributed by atoms with Crippen LogP contribution in [0.15, 0.2) is 72.8 Å². The fraction of sp³-hybridized carbons (Fsp3) is 0.368. The molecule has 4 rings (SSSR count). The molecule has 0 saturated heterocycles. The Morgan fingerprint density at radius 1 is 1.00 bits per heavy atom. The summed E-state index contributed by atoms with van der Waals surface area (Å²) in [5, 5.41) is 9.65. The van der Waals surface area contributed by atoms with Crippen LogP contribution in [-0.2, 0) is 11.2 Å². The summed E-state index contributed by atoms with van der Waals surface area (Å²) in [6.45, 7) is 5.01. The van der Waals surface area contributed by atoms with Crippen molar-refractivity contribution < 1.29 is 19.4 Å². The van der Waals surface area contributed by atoms with Gasteiger partial charge in [0.15, 0.2) is 0 Å². The molecule has 1 N–H and O–H groups in total. The second kappa shape index (κ2) is 16.1. The third-order valence-electron chi connectivity index (χ3n) is 8.33. The molecular weight excluding hydrogens is 661 g/mol. The molecule has 1 aliphatic rings. The summed E-state index contributed by atoms with van der Waals surface area (Å²) in [6, 6.07) is 20.6. The van der Waals surface area contributed by atoms with E-state index >= 15 is 0 Å². The van der Waals surface area contributed by atoms with Crippen molar-refractivity contribution in [2.45, 2.75) is 65.2 Å². The molecule has 0 spiro atoms. The van der Waals surface area contributed by atoms with Gasteiger partial charge in [-0.2, -0.15) is 0 Å². The van der Waals surface area contributed by atoms with E-state index in [2.05, 4.69) is 78.9 Å². The second-order valence-corrected chi connectivity index (χ2v) is 13.1. The van der Waals surface area contributed by atoms with Gasteiger partial charge in [0.05, 0.1) is 12.2 Å². The minimum atomic E-state index is -0.894. The monoisotopic (exact) mass is 705 g/mol. The van der Waals surface area contributed by atoms with Gasteiger partial charge < -0.3 is 14.7 Å². The summed E-state index contributed by atoms with van der Waals surface area (Å²) in [4.78, 5) is 25.1. The van der Waals surface area contributed by atoms with Crippen molar-refractivity contribution in [3.05, 3.63) is 110 Å². The first-order valence-corrected chi connectivity index (χ1v) is 16.7. The van der Waals surface area contributed by atoms with Gasteiger partial charge in [0.1, 0.15) is 5.75 Å². The molecule has 1 aliphatic carbocycles. The molecule has 0 aromatic heterocycles. The van der Waals surface area contributed by atoms with E-state index in [4.69, 9.17) is 4.74 Å². The number of carboxylic acids is 1. The number of ether oxygens (including phenoxy) is 1. The van der Waals surface area contributed by atoms with Crippen molar-refractivity contribution in [3.8, 4) is 5.75 Å². The van der Waals surface area contributed by atoms with Crippen molar-refractivity contribution in [1.29, 1.82) is 0 Å². The Bertz CT molecular complexity index is 1520.